The van der Waals surface area contributed by atoms with Crippen LogP contribution in [0.2, 0.25) is 0 Å². The number of nitro groups is 1. The number of anilines is 2. The lowest BCUT2D eigenvalue weighted by atomic mass is 10.0. The normalized spacial score (nSPS) is 13.2. The van der Waals surface area contributed by atoms with E-state index in [4.69, 9.17) is 0 Å². The number of H-pyrrole nitrogens is 1. The number of unbranched alkanes of at least 4 members (excludes halogenated alkanes) is 1. The molecule has 0 radical (unpaired) electrons. The van der Waals surface area contributed by atoms with Gasteiger partial charge in [-0.05, 0) is 42.9 Å². The van der Waals surface area contributed by atoms with E-state index in [0.29, 0.717) is 25.5 Å². The molecular weight excluding hydrogens is 416 g/mol. The monoisotopic (exact) mass is 442 g/mol. The predicted octanol–water partition coefficient (Wildman–Crippen LogP) is 4.86. The van der Waals surface area contributed by atoms with Crippen molar-refractivity contribution in [1.82, 2.24) is 15.0 Å². The molecule has 1 aliphatic heterocycles. The summed E-state index contributed by atoms with van der Waals surface area (Å²) in [5, 5.41) is 16.4. The summed E-state index contributed by atoms with van der Waals surface area (Å²) in [5.74, 6) is 0.651. The first-order chi connectivity index (χ1) is 16.2. The maximum absolute atomic E-state index is 12.0. The third-order valence-electron chi connectivity index (χ3n) is 6.20. The number of hydrogen-bond donors (Lipinski definition) is 2. The zero-order valence-corrected chi connectivity index (χ0v) is 18.3. The molecule has 0 amide bonds. The number of fused-ring (bicyclic) bond motifs is 3. The summed E-state index contributed by atoms with van der Waals surface area (Å²) in [6.07, 6.45) is 5.10. The summed E-state index contributed by atoms with van der Waals surface area (Å²) in [6, 6.07) is 18.6. The van der Waals surface area contributed by atoms with Gasteiger partial charge in [0.1, 0.15) is 6.33 Å². The second-order valence-electron chi connectivity index (χ2n) is 8.32. The number of aryl methyl sites for hydroxylation is 1. The molecule has 0 saturated carbocycles. The van der Waals surface area contributed by atoms with Crippen LogP contribution in [-0.2, 0) is 19.4 Å². The highest BCUT2D eigenvalue weighted by Gasteiger charge is 2.30. The van der Waals surface area contributed by atoms with Crippen LogP contribution >= 0.6 is 0 Å². The van der Waals surface area contributed by atoms with Crippen LogP contribution in [0.25, 0.3) is 10.9 Å². The fourth-order valence-electron chi connectivity index (χ4n) is 4.58. The van der Waals surface area contributed by atoms with Gasteiger partial charge in [-0.2, -0.15) is 0 Å². The Hall–Kier alpha value is -3.94. The SMILES string of the molecule is O=[N+]([O-])c1c(NCCCCc2ccccc2)ncnc1N1CCc2c([nH]c3ccccc23)C1. The Kier molecular flexibility index (Phi) is 5.89. The van der Waals surface area contributed by atoms with Crippen LogP contribution in [0.1, 0.15) is 29.7 Å². The van der Waals surface area contributed by atoms with Crippen molar-refractivity contribution >= 4 is 28.2 Å². The highest BCUT2D eigenvalue weighted by molar-refractivity contribution is 5.85. The second-order valence-corrected chi connectivity index (χ2v) is 8.32. The van der Waals surface area contributed by atoms with Gasteiger partial charge in [0.15, 0.2) is 0 Å². The maximum Gasteiger partial charge on any atom is 0.353 e. The van der Waals surface area contributed by atoms with E-state index in [1.807, 2.05) is 35.2 Å². The number of nitrogens with one attached hydrogen (secondary N) is 2. The van der Waals surface area contributed by atoms with E-state index < -0.39 is 0 Å². The van der Waals surface area contributed by atoms with Gasteiger partial charge in [0.2, 0.25) is 11.6 Å². The second kappa shape index (κ2) is 9.28. The van der Waals surface area contributed by atoms with Crippen LogP contribution < -0.4 is 10.2 Å². The first-order valence-electron chi connectivity index (χ1n) is 11.3. The summed E-state index contributed by atoms with van der Waals surface area (Å²) in [7, 11) is 0. The smallest absolute Gasteiger partial charge is 0.353 e. The summed E-state index contributed by atoms with van der Waals surface area (Å²) >= 11 is 0. The maximum atomic E-state index is 12.0. The Bertz CT molecular complexity index is 1270. The van der Waals surface area contributed by atoms with Gasteiger partial charge in [0, 0.05) is 29.7 Å². The Morgan fingerprint density at radius 3 is 2.73 bits per heavy atom. The molecule has 0 atom stereocenters. The van der Waals surface area contributed by atoms with Crippen LogP contribution in [0.3, 0.4) is 0 Å². The van der Waals surface area contributed by atoms with Crippen molar-refractivity contribution < 1.29 is 4.92 Å². The van der Waals surface area contributed by atoms with Gasteiger partial charge in [0.05, 0.1) is 11.5 Å². The lowest BCUT2D eigenvalue weighted by Gasteiger charge is -2.27. The fraction of sp³-hybridized carbons (Fsp3) is 0.280. The lowest BCUT2D eigenvalue weighted by molar-refractivity contribution is -0.383. The summed E-state index contributed by atoms with van der Waals surface area (Å²) in [5.41, 5.74) is 4.72. The van der Waals surface area contributed by atoms with E-state index in [0.717, 1.165) is 36.9 Å². The Labute approximate surface area is 191 Å². The van der Waals surface area contributed by atoms with Crippen molar-refractivity contribution in [2.75, 3.05) is 23.3 Å². The molecule has 8 nitrogen and oxygen atoms in total. The summed E-state index contributed by atoms with van der Waals surface area (Å²) in [6.45, 7) is 1.85. The molecule has 0 unspecified atom stereocenters. The molecule has 2 aromatic carbocycles. The van der Waals surface area contributed by atoms with Crippen LogP contribution in [0, 0.1) is 10.1 Å². The van der Waals surface area contributed by atoms with E-state index in [-0.39, 0.29) is 16.4 Å². The lowest BCUT2D eigenvalue weighted by Crippen LogP contribution is -2.31. The molecule has 2 aromatic heterocycles. The molecule has 3 heterocycles. The molecule has 4 aromatic rings. The average Bonchev–Trinajstić information content (AvgIpc) is 3.22. The van der Waals surface area contributed by atoms with E-state index in [1.54, 1.807) is 0 Å². The first-order valence-corrected chi connectivity index (χ1v) is 11.3. The number of rotatable bonds is 8. The van der Waals surface area contributed by atoms with Crippen molar-refractivity contribution in [3.8, 4) is 0 Å². The van der Waals surface area contributed by atoms with Crippen LogP contribution in [0.15, 0.2) is 60.9 Å². The number of benzene rings is 2. The van der Waals surface area contributed by atoms with Crippen molar-refractivity contribution in [2.24, 2.45) is 0 Å². The molecule has 8 heteroatoms. The van der Waals surface area contributed by atoms with Gasteiger partial charge in [-0.3, -0.25) is 10.1 Å². The van der Waals surface area contributed by atoms with Crippen molar-refractivity contribution in [2.45, 2.75) is 32.2 Å². The van der Waals surface area contributed by atoms with E-state index in [2.05, 4.69) is 44.5 Å². The predicted molar refractivity (Wildman–Crippen MR) is 130 cm³/mol. The fourth-order valence-corrected chi connectivity index (χ4v) is 4.58. The molecule has 0 aliphatic carbocycles. The molecule has 33 heavy (non-hydrogen) atoms. The average molecular weight is 443 g/mol. The van der Waals surface area contributed by atoms with E-state index in [1.165, 1.54) is 22.8 Å². The first kappa shape index (κ1) is 20.9. The summed E-state index contributed by atoms with van der Waals surface area (Å²) < 4.78 is 0. The molecule has 0 spiro atoms. The highest BCUT2D eigenvalue weighted by atomic mass is 16.6. The third-order valence-corrected chi connectivity index (χ3v) is 6.20. The molecule has 168 valence electrons. The third kappa shape index (κ3) is 4.37. The van der Waals surface area contributed by atoms with Crippen molar-refractivity contribution in [3.63, 3.8) is 0 Å². The standard InChI is InChI=1S/C25H26N6O2/c32-31(33)23-24(26-14-7-6-10-18-8-2-1-3-9-18)27-17-28-25(23)30-15-13-20-19-11-4-5-12-21(19)29-22(20)16-30/h1-5,8-9,11-12,17,29H,6-7,10,13-16H2,(H,26,27,28). The minimum absolute atomic E-state index is 0.0554. The van der Waals surface area contributed by atoms with E-state index in [9.17, 15) is 10.1 Å². The largest absolute Gasteiger partial charge is 0.364 e. The van der Waals surface area contributed by atoms with Gasteiger partial charge in [-0.1, -0.05) is 48.5 Å². The Balaban J connectivity index is 1.29. The number of aromatic nitrogens is 3. The zero-order valence-electron chi connectivity index (χ0n) is 18.3. The number of para-hydroxylation sites is 1. The molecule has 0 fully saturated rings. The zero-order chi connectivity index (χ0) is 22.6. The number of hydrogen-bond acceptors (Lipinski definition) is 6. The molecular formula is C25H26N6O2. The van der Waals surface area contributed by atoms with Gasteiger partial charge >= 0.3 is 5.69 Å². The quantitative estimate of drug-likeness (QED) is 0.230. The molecule has 2 N–H and O–H groups in total. The minimum atomic E-state index is -0.373. The Morgan fingerprint density at radius 2 is 1.88 bits per heavy atom. The van der Waals surface area contributed by atoms with Crippen LogP contribution in [0.4, 0.5) is 17.3 Å². The Morgan fingerprint density at radius 1 is 1.06 bits per heavy atom. The minimum Gasteiger partial charge on any atom is -0.364 e. The van der Waals surface area contributed by atoms with Gasteiger partial charge in [-0.25, -0.2) is 9.97 Å². The van der Waals surface area contributed by atoms with Gasteiger partial charge in [-0.15, -0.1) is 0 Å². The molecule has 0 saturated heterocycles. The topological polar surface area (TPSA) is 100.0 Å². The molecule has 5 rings (SSSR count). The van der Waals surface area contributed by atoms with Crippen molar-refractivity contribution in [1.29, 1.82) is 0 Å². The summed E-state index contributed by atoms with van der Waals surface area (Å²) in [4.78, 5) is 25.6. The highest BCUT2D eigenvalue weighted by Crippen LogP contribution is 2.36. The van der Waals surface area contributed by atoms with Crippen LogP contribution in [0.5, 0.6) is 0 Å². The van der Waals surface area contributed by atoms with Gasteiger partial charge in [0.25, 0.3) is 0 Å². The van der Waals surface area contributed by atoms with Crippen molar-refractivity contribution in [3.05, 3.63) is 87.9 Å². The number of aromatic amines is 1. The molecule has 0 bridgehead atoms. The molecule has 1 aliphatic rings. The van der Waals surface area contributed by atoms with Crippen LogP contribution in [-0.4, -0.2) is 33.0 Å². The van der Waals surface area contributed by atoms with E-state index >= 15 is 0 Å². The number of nitrogens with zero attached hydrogens (tertiary/aromatic N) is 4. The van der Waals surface area contributed by atoms with Gasteiger partial charge < -0.3 is 15.2 Å².